The van der Waals surface area contributed by atoms with Crippen LogP contribution in [0.25, 0.3) is 5.32 Å². The van der Waals surface area contributed by atoms with E-state index in [1.807, 2.05) is 50.3 Å². The van der Waals surface area contributed by atoms with Crippen LogP contribution in [-0.4, -0.2) is 6.61 Å². The first-order valence-electron chi connectivity index (χ1n) is 4.42. The molecule has 0 spiro atoms. The summed E-state index contributed by atoms with van der Waals surface area (Å²) in [5.41, 5.74) is 0.920. The summed E-state index contributed by atoms with van der Waals surface area (Å²) >= 11 is 0. The zero-order chi connectivity index (χ0) is 9.52. The molecule has 1 rings (SSSR count). The largest absolute Gasteiger partial charge is 1.00 e. The van der Waals surface area contributed by atoms with Crippen LogP contribution in [0.5, 0.6) is 0 Å². The van der Waals surface area contributed by atoms with Gasteiger partial charge in [-0.25, -0.2) is 0 Å². The third-order valence-corrected chi connectivity index (χ3v) is 1.53. The first-order chi connectivity index (χ1) is 6.36. The molecule has 2 nitrogen and oxygen atoms in total. The number of benzene rings is 1. The van der Waals surface area contributed by atoms with Gasteiger partial charge in [0.1, 0.15) is 0 Å². The second kappa shape index (κ2) is 7.55. The molecule has 0 aliphatic heterocycles. The van der Waals surface area contributed by atoms with E-state index >= 15 is 0 Å². The average molecular weight is 183 g/mol. The van der Waals surface area contributed by atoms with Crippen LogP contribution in [0.2, 0.25) is 0 Å². The van der Waals surface area contributed by atoms with Crippen LogP contribution in [0, 0.1) is 0 Å². The van der Waals surface area contributed by atoms with E-state index in [0.29, 0.717) is 12.5 Å². The molecule has 0 radical (unpaired) electrons. The van der Waals surface area contributed by atoms with Crippen LogP contribution in [-0.2, 0) is 4.74 Å². The van der Waals surface area contributed by atoms with E-state index in [2.05, 4.69) is 5.32 Å². The van der Waals surface area contributed by atoms with Crippen molar-refractivity contribution in [3.63, 3.8) is 0 Å². The predicted octanol–water partition coefficient (Wildman–Crippen LogP) is 0.594. The second-order valence-electron chi connectivity index (χ2n) is 2.51. The fraction of sp³-hybridized carbons (Fsp3) is 0.273. The molecule has 3 heteroatoms. The van der Waals surface area contributed by atoms with Gasteiger partial charge in [-0.1, -0.05) is 36.4 Å². The molecule has 0 saturated heterocycles. The Hall–Kier alpha value is -0.843. The van der Waals surface area contributed by atoms with Crippen LogP contribution in [0.15, 0.2) is 42.3 Å². The maximum Gasteiger partial charge on any atom is 1.00 e. The monoisotopic (exact) mass is 183 g/mol. The first-order valence-corrected chi connectivity index (χ1v) is 4.42. The van der Waals surface area contributed by atoms with Gasteiger partial charge in [-0.2, -0.15) is 0 Å². The molecular formula is C11H14LiNO. The standard InChI is InChI=1S/C11H14NO.Li/c1-3-11(13-4-2)12-10-8-6-5-7-9-10;/h3,5-9H,4H2,1-2H3;/q-1;+1/b11-3+;. The maximum absolute atomic E-state index is 5.29. The molecule has 0 atom stereocenters. The third-order valence-electron chi connectivity index (χ3n) is 1.53. The predicted molar refractivity (Wildman–Crippen MR) is 54.8 cm³/mol. The number of allylic oxidation sites excluding steroid dienone is 1. The molecule has 0 unspecified atom stereocenters. The summed E-state index contributed by atoms with van der Waals surface area (Å²) in [5.74, 6) is 0.675. The fourth-order valence-corrected chi connectivity index (χ4v) is 0.958. The van der Waals surface area contributed by atoms with Crippen molar-refractivity contribution in [2.75, 3.05) is 6.61 Å². The summed E-state index contributed by atoms with van der Waals surface area (Å²) in [6.07, 6.45) is 1.86. The minimum Gasteiger partial charge on any atom is -0.628 e. The molecule has 0 saturated carbocycles. The van der Waals surface area contributed by atoms with Crippen molar-refractivity contribution in [1.29, 1.82) is 0 Å². The van der Waals surface area contributed by atoms with Gasteiger partial charge in [-0.15, -0.1) is 5.69 Å². The Balaban J connectivity index is 0.00000169. The molecule has 14 heavy (non-hydrogen) atoms. The van der Waals surface area contributed by atoms with Crippen molar-refractivity contribution in [3.8, 4) is 0 Å². The average Bonchev–Trinajstić information content (AvgIpc) is 2.19. The summed E-state index contributed by atoms with van der Waals surface area (Å²) in [6.45, 7) is 4.51. The van der Waals surface area contributed by atoms with E-state index in [4.69, 9.17) is 4.74 Å². The Morgan fingerprint density at radius 1 is 1.36 bits per heavy atom. The Labute approximate surface area is 97.5 Å². The number of para-hydroxylation sites is 1. The Morgan fingerprint density at radius 3 is 2.50 bits per heavy atom. The zero-order valence-corrected chi connectivity index (χ0v) is 9.03. The zero-order valence-electron chi connectivity index (χ0n) is 9.03. The molecule has 1 aromatic rings. The summed E-state index contributed by atoms with van der Waals surface area (Å²) in [4.78, 5) is 0. The molecule has 0 fully saturated rings. The van der Waals surface area contributed by atoms with Crippen LogP contribution in [0.1, 0.15) is 13.8 Å². The maximum atomic E-state index is 5.29. The van der Waals surface area contributed by atoms with Crippen molar-refractivity contribution < 1.29 is 23.6 Å². The number of hydrogen-bond donors (Lipinski definition) is 0. The molecule has 0 amide bonds. The Morgan fingerprint density at radius 2 is 2.00 bits per heavy atom. The summed E-state index contributed by atoms with van der Waals surface area (Å²) in [6, 6.07) is 9.77. The van der Waals surface area contributed by atoms with Gasteiger partial charge in [0.15, 0.2) is 0 Å². The third kappa shape index (κ3) is 4.41. The van der Waals surface area contributed by atoms with Gasteiger partial charge < -0.3 is 10.1 Å². The minimum atomic E-state index is 0. The van der Waals surface area contributed by atoms with E-state index in [1.54, 1.807) is 0 Å². The van der Waals surface area contributed by atoms with Crippen LogP contribution >= 0.6 is 0 Å². The molecular weight excluding hydrogens is 169 g/mol. The number of hydrogen-bond acceptors (Lipinski definition) is 1. The molecule has 0 aromatic heterocycles. The second-order valence-corrected chi connectivity index (χ2v) is 2.51. The van der Waals surface area contributed by atoms with Crippen molar-refractivity contribution >= 4 is 5.69 Å². The van der Waals surface area contributed by atoms with Gasteiger partial charge in [0.05, 0.1) is 6.61 Å². The summed E-state index contributed by atoms with van der Waals surface area (Å²) in [7, 11) is 0. The van der Waals surface area contributed by atoms with E-state index in [0.717, 1.165) is 5.69 Å². The van der Waals surface area contributed by atoms with Gasteiger partial charge >= 0.3 is 18.9 Å². The van der Waals surface area contributed by atoms with Gasteiger partial charge in [0.25, 0.3) is 0 Å². The number of ether oxygens (including phenoxy) is 1. The van der Waals surface area contributed by atoms with E-state index in [-0.39, 0.29) is 18.9 Å². The Kier molecular flexibility index (Phi) is 7.10. The van der Waals surface area contributed by atoms with Gasteiger partial charge in [-0.3, -0.25) is 0 Å². The smallest absolute Gasteiger partial charge is 0.628 e. The first kappa shape index (κ1) is 13.2. The van der Waals surface area contributed by atoms with Crippen LogP contribution < -0.4 is 18.9 Å². The minimum absolute atomic E-state index is 0. The van der Waals surface area contributed by atoms with Crippen molar-refractivity contribution in [1.82, 2.24) is 0 Å². The van der Waals surface area contributed by atoms with Gasteiger partial charge in [-0.05, 0) is 13.8 Å². The summed E-state index contributed by atoms with van der Waals surface area (Å²) < 4.78 is 5.29. The van der Waals surface area contributed by atoms with E-state index in [9.17, 15) is 0 Å². The van der Waals surface area contributed by atoms with Crippen LogP contribution in [0.4, 0.5) is 5.69 Å². The van der Waals surface area contributed by atoms with Gasteiger partial charge in [0, 0.05) is 5.88 Å². The normalized spacial score (nSPS) is 10.3. The number of rotatable bonds is 4. The fourth-order valence-electron chi connectivity index (χ4n) is 0.958. The molecule has 0 N–H and O–H groups in total. The SMILES string of the molecule is C/C=C(\[N-]c1ccccc1)OCC.[Li+]. The topological polar surface area (TPSA) is 23.3 Å². The molecule has 70 valence electrons. The molecule has 0 bridgehead atoms. The van der Waals surface area contributed by atoms with Crippen LogP contribution in [0.3, 0.4) is 0 Å². The summed E-state index contributed by atoms with van der Waals surface area (Å²) in [5, 5.41) is 4.31. The Bertz CT molecular complexity index is 272. The molecule has 0 aliphatic carbocycles. The molecule has 0 heterocycles. The molecule has 0 aliphatic rings. The van der Waals surface area contributed by atoms with Crippen molar-refractivity contribution in [2.24, 2.45) is 0 Å². The quantitative estimate of drug-likeness (QED) is 0.495. The van der Waals surface area contributed by atoms with Gasteiger partial charge in [0.2, 0.25) is 0 Å². The molecule has 1 aromatic carbocycles. The van der Waals surface area contributed by atoms with Crippen molar-refractivity contribution in [2.45, 2.75) is 13.8 Å². The van der Waals surface area contributed by atoms with E-state index < -0.39 is 0 Å². The van der Waals surface area contributed by atoms with E-state index in [1.165, 1.54) is 0 Å². The number of nitrogens with zero attached hydrogens (tertiary/aromatic N) is 1. The van der Waals surface area contributed by atoms with Crippen molar-refractivity contribution in [3.05, 3.63) is 47.6 Å².